The molecule has 1 N–H and O–H groups in total. The quantitative estimate of drug-likeness (QED) is 0.799. The summed E-state index contributed by atoms with van der Waals surface area (Å²) >= 11 is 0.997. The van der Waals surface area contributed by atoms with Crippen LogP contribution in [0, 0.1) is 11.6 Å². The summed E-state index contributed by atoms with van der Waals surface area (Å²) in [6, 6.07) is 10.8. The number of para-hydroxylation sites is 1. The lowest BCUT2D eigenvalue weighted by atomic mass is 10.3. The number of nitrogens with zero attached hydrogens (tertiary/aromatic N) is 1. The highest BCUT2D eigenvalue weighted by Gasteiger charge is 2.12. The monoisotopic (exact) mass is 320 g/mol. The highest BCUT2D eigenvalue weighted by atomic mass is 32.1. The molecule has 1 heterocycles. The number of fused-ring (bicyclic) bond motifs is 1. The van der Waals surface area contributed by atoms with E-state index in [0.29, 0.717) is 10.4 Å². The van der Waals surface area contributed by atoms with Gasteiger partial charge in [0.25, 0.3) is 5.91 Å². The van der Waals surface area contributed by atoms with Gasteiger partial charge >= 0.3 is 0 Å². The second kappa shape index (κ2) is 6.07. The zero-order chi connectivity index (χ0) is 15.5. The highest BCUT2D eigenvalue weighted by Crippen LogP contribution is 2.28. The standard InChI is InChI=1S/C15H10F2N2O2S/c16-9-6-11(17)14-12(7-9)22-15(19-14)18-13(20)8-21-10-4-2-1-3-5-10/h1-7H,8H2,(H,18,19,20). The molecule has 0 aliphatic heterocycles. The molecule has 0 radical (unpaired) electrons. The van der Waals surface area contributed by atoms with Crippen LogP contribution in [0.15, 0.2) is 42.5 Å². The molecule has 3 aromatic rings. The van der Waals surface area contributed by atoms with Crippen molar-refractivity contribution in [1.82, 2.24) is 4.98 Å². The van der Waals surface area contributed by atoms with Crippen LogP contribution in [0.2, 0.25) is 0 Å². The van der Waals surface area contributed by atoms with Gasteiger partial charge in [-0.1, -0.05) is 29.5 Å². The summed E-state index contributed by atoms with van der Waals surface area (Å²) in [6.45, 7) is -0.198. The summed E-state index contributed by atoms with van der Waals surface area (Å²) in [7, 11) is 0. The van der Waals surface area contributed by atoms with Crippen molar-refractivity contribution in [3.05, 3.63) is 54.1 Å². The summed E-state index contributed by atoms with van der Waals surface area (Å²) in [5, 5.41) is 2.70. The SMILES string of the molecule is O=C(COc1ccccc1)Nc1nc2c(F)cc(F)cc2s1. The number of aromatic nitrogens is 1. The summed E-state index contributed by atoms with van der Waals surface area (Å²) in [4.78, 5) is 15.7. The topological polar surface area (TPSA) is 51.2 Å². The number of benzene rings is 2. The number of amides is 1. The molecular weight excluding hydrogens is 310 g/mol. The van der Waals surface area contributed by atoms with Gasteiger partial charge in [-0.25, -0.2) is 13.8 Å². The van der Waals surface area contributed by atoms with Crippen LogP contribution in [0.3, 0.4) is 0 Å². The van der Waals surface area contributed by atoms with E-state index in [2.05, 4.69) is 10.3 Å². The van der Waals surface area contributed by atoms with Gasteiger partial charge in [0.15, 0.2) is 17.6 Å². The van der Waals surface area contributed by atoms with E-state index < -0.39 is 17.5 Å². The first-order valence-electron chi connectivity index (χ1n) is 6.35. The van der Waals surface area contributed by atoms with Crippen LogP contribution in [0.1, 0.15) is 0 Å². The molecule has 7 heteroatoms. The van der Waals surface area contributed by atoms with E-state index in [1.165, 1.54) is 6.07 Å². The van der Waals surface area contributed by atoms with Crippen molar-refractivity contribution in [3.63, 3.8) is 0 Å². The molecule has 3 rings (SSSR count). The lowest BCUT2D eigenvalue weighted by Crippen LogP contribution is -2.19. The maximum atomic E-state index is 13.5. The van der Waals surface area contributed by atoms with Gasteiger partial charge in [-0.2, -0.15) is 0 Å². The molecule has 0 aliphatic carbocycles. The number of thiazole rings is 1. The molecule has 1 amide bonds. The van der Waals surface area contributed by atoms with Crippen LogP contribution in [0.4, 0.5) is 13.9 Å². The summed E-state index contributed by atoms with van der Waals surface area (Å²) in [5.74, 6) is -1.30. The zero-order valence-electron chi connectivity index (χ0n) is 11.2. The maximum Gasteiger partial charge on any atom is 0.264 e. The number of rotatable bonds is 4. The number of anilines is 1. The molecule has 0 saturated carbocycles. The molecule has 0 fully saturated rings. The Bertz CT molecular complexity index is 821. The Morgan fingerprint density at radius 3 is 2.77 bits per heavy atom. The Balaban J connectivity index is 1.68. The van der Waals surface area contributed by atoms with Crippen molar-refractivity contribution in [3.8, 4) is 5.75 Å². The third kappa shape index (κ3) is 3.20. The molecular formula is C15H10F2N2O2S. The summed E-state index contributed by atoms with van der Waals surface area (Å²) in [6.07, 6.45) is 0. The van der Waals surface area contributed by atoms with Crippen LogP contribution in [-0.4, -0.2) is 17.5 Å². The molecule has 2 aromatic carbocycles. The van der Waals surface area contributed by atoms with Gasteiger partial charge in [-0.15, -0.1) is 0 Å². The minimum atomic E-state index is -0.757. The minimum Gasteiger partial charge on any atom is -0.484 e. The molecule has 112 valence electrons. The fraction of sp³-hybridized carbons (Fsp3) is 0.0667. The van der Waals surface area contributed by atoms with Crippen molar-refractivity contribution in [1.29, 1.82) is 0 Å². The van der Waals surface area contributed by atoms with Crippen LogP contribution < -0.4 is 10.1 Å². The Morgan fingerprint density at radius 1 is 1.23 bits per heavy atom. The molecule has 0 spiro atoms. The lowest BCUT2D eigenvalue weighted by molar-refractivity contribution is -0.118. The van der Waals surface area contributed by atoms with E-state index >= 15 is 0 Å². The summed E-state index contributed by atoms with van der Waals surface area (Å²) in [5.41, 5.74) is 0.0330. The van der Waals surface area contributed by atoms with Crippen molar-refractivity contribution >= 4 is 32.6 Å². The number of ether oxygens (including phenoxy) is 1. The van der Waals surface area contributed by atoms with Gasteiger partial charge in [0.1, 0.15) is 17.1 Å². The Kier molecular flexibility index (Phi) is 3.97. The molecule has 1 aromatic heterocycles. The van der Waals surface area contributed by atoms with Gasteiger partial charge in [-0.05, 0) is 18.2 Å². The predicted octanol–water partition coefficient (Wildman–Crippen LogP) is 3.59. The number of carbonyl (C=O) groups is 1. The van der Waals surface area contributed by atoms with Gasteiger partial charge in [0.05, 0.1) is 4.70 Å². The average Bonchev–Trinajstić information content (AvgIpc) is 2.89. The zero-order valence-corrected chi connectivity index (χ0v) is 12.0. The van der Waals surface area contributed by atoms with Gasteiger partial charge in [0, 0.05) is 6.07 Å². The van der Waals surface area contributed by atoms with Crippen molar-refractivity contribution in [2.45, 2.75) is 0 Å². The maximum absolute atomic E-state index is 13.5. The van der Waals surface area contributed by atoms with E-state index in [0.717, 1.165) is 17.4 Å². The lowest BCUT2D eigenvalue weighted by Gasteiger charge is -2.04. The van der Waals surface area contributed by atoms with E-state index in [-0.39, 0.29) is 17.3 Å². The number of carbonyl (C=O) groups excluding carboxylic acids is 1. The number of halogens is 2. The Labute approximate surface area is 128 Å². The molecule has 0 aliphatic rings. The third-order valence-electron chi connectivity index (χ3n) is 2.77. The van der Waals surface area contributed by atoms with Gasteiger partial charge in [0.2, 0.25) is 0 Å². The minimum absolute atomic E-state index is 0.0330. The van der Waals surface area contributed by atoms with Crippen LogP contribution in [-0.2, 0) is 4.79 Å². The van der Waals surface area contributed by atoms with E-state index in [1.807, 2.05) is 6.07 Å². The Hall–Kier alpha value is -2.54. The van der Waals surface area contributed by atoms with E-state index in [1.54, 1.807) is 24.3 Å². The molecule has 0 saturated heterocycles. The number of hydrogen-bond acceptors (Lipinski definition) is 4. The summed E-state index contributed by atoms with van der Waals surface area (Å²) < 4.78 is 32.3. The van der Waals surface area contributed by atoms with Crippen LogP contribution in [0.5, 0.6) is 5.75 Å². The third-order valence-corrected chi connectivity index (χ3v) is 3.69. The average molecular weight is 320 g/mol. The van der Waals surface area contributed by atoms with Crippen molar-refractivity contribution < 1.29 is 18.3 Å². The molecule has 0 bridgehead atoms. The highest BCUT2D eigenvalue weighted by molar-refractivity contribution is 7.22. The van der Waals surface area contributed by atoms with Crippen molar-refractivity contribution in [2.24, 2.45) is 0 Å². The van der Waals surface area contributed by atoms with Gasteiger partial charge in [-0.3, -0.25) is 10.1 Å². The molecule has 0 atom stereocenters. The fourth-order valence-electron chi connectivity index (χ4n) is 1.83. The van der Waals surface area contributed by atoms with E-state index in [4.69, 9.17) is 4.74 Å². The fourth-order valence-corrected chi connectivity index (χ4v) is 2.75. The molecule has 4 nitrogen and oxygen atoms in total. The second-order valence-electron chi connectivity index (χ2n) is 4.40. The normalized spacial score (nSPS) is 10.6. The first-order chi connectivity index (χ1) is 10.6. The number of hydrogen-bond donors (Lipinski definition) is 1. The smallest absolute Gasteiger partial charge is 0.264 e. The van der Waals surface area contributed by atoms with E-state index in [9.17, 15) is 13.6 Å². The Morgan fingerprint density at radius 2 is 2.00 bits per heavy atom. The van der Waals surface area contributed by atoms with Gasteiger partial charge < -0.3 is 4.74 Å². The van der Waals surface area contributed by atoms with Crippen LogP contribution in [0.25, 0.3) is 10.2 Å². The molecule has 22 heavy (non-hydrogen) atoms. The first-order valence-corrected chi connectivity index (χ1v) is 7.17. The number of nitrogens with one attached hydrogen (secondary N) is 1. The molecule has 0 unspecified atom stereocenters. The van der Waals surface area contributed by atoms with Crippen molar-refractivity contribution in [2.75, 3.05) is 11.9 Å². The predicted molar refractivity (Wildman–Crippen MR) is 80.1 cm³/mol. The second-order valence-corrected chi connectivity index (χ2v) is 5.43. The largest absolute Gasteiger partial charge is 0.484 e. The van der Waals surface area contributed by atoms with Crippen LogP contribution >= 0.6 is 11.3 Å². The first kappa shape index (κ1) is 14.4.